The molecule has 17 nitrogen and oxygen atoms in total. The van der Waals surface area contributed by atoms with Crippen LogP contribution in [0, 0.1) is 11.8 Å². The Kier molecular flexibility index (Phi) is 34.2. The monoisotopic (exact) mass is 966 g/mol. The number of aliphatic hydroxyl groups excluding tert-OH is 4. The Labute approximate surface area is 386 Å². The van der Waals surface area contributed by atoms with Gasteiger partial charge in [-0.05, 0) is 64.2 Å². The quantitative estimate of drug-likeness (QED) is 0.0134. The van der Waals surface area contributed by atoms with Gasteiger partial charge in [0.2, 0.25) is 0 Å². The van der Waals surface area contributed by atoms with Gasteiger partial charge in [-0.1, -0.05) is 107 Å². The Bertz CT molecular complexity index is 1510. The van der Waals surface area contributed by atoms with E-state index in [-0.39, 0.29) is 44.3 Å². The fourth-order valence-corrected chi connectivity index (χ4v) is 8.15. The molecular formula is C46H80O17P2. The van der Waals surface area contributed by atoms with E-state index in [1.807, 2.05) is 0 Å². The molecule has 0 radical (unpaired) electrons. The average Bonchev–Trinajstić information content (AvgIpc) is 3.51. The third kappa shape index (κ3) is 33.7. The number of rotatable bonds is 40. The zero-order valence-electron chi connectivity index (χ0n) is 38.7. The van der Waals surface area contributed by atoms with Gasteiger partial charge < -0.3 is 44.6 Å². The zero-order valence-corrected chi connectivity index (χ0v) is 40.4. The largest absolute Gasteiger partial charge is 0.472 e. The Morgan fingerprint density at radius 1 is 0.646 bits per heavy atom. The molecule has 1 aliphatic rings. The number of carbonyl (C=O) groups excluding carboxylic acids is 3. The molecule has 1 fully saturated rings. The van der Waals surface area contributed by atoms with Crippen molar-refractivity contribution in [2.75, 3.05) is 26.4 Å². The molecule has 1 aliphatic carbocycles. The average molecular weight is 967 g/mol. The van der Waals surface area contributed by atoms with Crippen molar-refractivity contribution in [2.45, 2.75) is 186 Å². The summed E-state index contributed by atoms with van der Waals surface area (Å²) in [6.07, 6.45) is 25.9. The molecule has 0 saturated heterocycles. The summed E-state index contributed by atoms with van der Waals surface area (Å²) < 4.78 is 47.7. The van der Waals surface area contributed by atoms with Gasteiger partial charge in [-0.25, -0.2) is 9.13 Å². The summed E-state index contributed by atoms with van der Waals surface area (Å²) in [5.74, 6) is -2.52. The highest BCUT2D eigenvalue weighted by atomic mass is 31.2. The van der Waals surface area contributed by atoms with Crippen molar-refractivity contribution in [3.8, 4) is 0 Å². The van der Waals surface area contributed by atoms with Gasteiger partial charge in [-0.2, -0.15) is 0 Å². The zero-order chi connectivity index (χ0) is 48.4. The molecule has 0 heterocycles. The lowest BCUT2D eigenvalue weighted by atomic mass is 9.87. The molecule has 1 unspecified atom stereocenters. The fraction of sp³-hybridized carbons (Fsp3) is 0.761. The van der Waals surface area contributed by atoms with E-state index in [0.29, 0.717) is 19.3 Å². The summed E-state index contributed by atoms with van der Waals surface area (Å²) >= 11 is 0. The number of esters is 2. The second kappa shape index (κ2) is 36.6. The maximum Gasteiger partial charge on any atom is 0.472 e. The standard InChI is InChI=1S/C46H80O17P2/c1-3-5-7-8-9-10-11-12-13-14-15-16-17-18-19-20-22-27-45(52)59-35-40(36-62-65(57,58)61-34-39(49)33-60-64(54,55)56)63-46(53)28-24-23-26-38(48)31-42-41(43(50)32-44(42)51)30-29-37(47)25-21-6-4-2/h9-10,12-13,15-16,29-30,37,39-44,47,49-51H,3-8,11,14,17-28,31-36H2,1-2H3,(H,57,58)(H2,54,55,56)/b10-9-,13-12-,16-15-,30-29+/t37-,39-,40+,41+,42+,43+,44-/m0/s1. The molecule has 0 bridgehead atoms. The number of unbranched alkanes of at least 4 members (excludes halogenated alkanes) is 10. The number of phosphoric ester groups is 2. The van der Waals surface area contributed by atoms with Gasteiger partial charge in [0.1, 0.15) is 18.5 Å². The van der Waals surface area contributed by atoms with Crippen LogP contribution in [0.4, 0.5) is 0 Å². The molecule has 0 amide bonds. The van der Waals surface area contributed by atoms with Crippen LogP contribution in [0.25, 0.3) is 0 Å². The predicted octanol–water partition coefficient (Wildman–Crippen LogP) is 7.79. The van der Waals surface area contributed by atoms with Crippen molar-refractivity contribution in [3.63, 3.8) is 0 Å². The molecule has 0 spiro atoms. The third-order valence-corrected chi connectivity index (χ3v) is 12.1. The van der Waals surface area contributed by atoms with Crippen LogP contribution in [-0.2, 0) is 46.6 Å². The normalized spacial score (nSPS) is 20.5. The highest BCUT2D eigenvalue weighted by molar-refractivity contribution is 7.47. The van der Waals surface area contributed by atoms with Crippen molar-refractivity contribution in [1.29, 1.82) is 0 Å². The van der Waals surface area contributed by atoms with E-state index in [0.717, 1.165) is 64.2 Å². The molecule has 0 aromatic heterocycles. The number of Topliss-reactive ketones (excluding diaryl/α,β-unsaturated/α-hetero) is 1. The van der Waals surface area contributed by atoms with Crippen molar-refractivity contribution in [1.82, 2.24) is 0 Å². The van der Waals surface area contributed by atoms with E-state index < -0.39 is 96.4 Å². The summed E-state index contributed by atoms with van der Waals surface area (Å²) in [7, 11) is -9.84. The Balaban J connectivity index is 2.59. The first kappa shape index (κ1) is 60.6. The first-order valence-electron chi connectivity index (χ1n) is 23.5. The topological polar surface area (TPSA) is 273 Å². The Morgan fingerprint density at radius 3 is 1.86 bits per heavy atom. The minimum absolute atomic E-state index is 0.0126. The summed E-state index contributed by atoms with van der Waals surface area (Å²) in [6.45, 7) is 1.17. The number of carbonyl (C=O) groups is 3. The molecule has 1 rings (SSSR count). The second-order valence-corrected chi connectivity index (χ2v) is 19.3. The van der Waals surface area contributed by atoms with Gasteiger partial charge >= 0.3 is 27.6 Å². The van der Waals surface area contributed by atoms with E-state index in [9.17, 15) is 48.8 Å². The highest BCUT2D eigenvalue weighted by Crippen LogP contribution is 2.44. The SMILES string of the molecule is CCCCC/C=C\C/C=C\C/C=C\CCCCCCC(=O)OC[C@H](COP(=O)(O)OC[C@@H](O)COP(=O)(O)O)OC(=O)CCCCC(=O)C[C@@H]1[C@@H](/C=C/[C@@H](O)CCCCC)[C@H](O)C[C@@H]1O. The van der Waals surface area contributed by atoms with Gasteiger partial charge in [0.15, 0.2) is 6.10 Å². The van der Waals surface area contributed by atoms with Crippen molar-refractivity contribution in [2.24, 2.45) is 11.8 Å². The van der Waals surface area contributed by atoms with Crippen LogP contribution in [0.5, 0.6) is 0 Å². The molecule has 376 valence electrons. The lowest BCUT2D eigenvalue weighted by molar-refractivity contribution is -0.161. The lowest BCUT2D eigenvalue weighted by Crippen LogP contribution is -2.30. The van der Waals surface area contributed by atoms with Crippen LogP contribution in [0.2, 0.25) is 0 Å². The van der Waals surface area contributed by atoms with Gasteiger partial charge in [-0.3, -0.25) is 28.0 Å². The molecular weight excluding hydrogens is 886 g/mol. The lowest BCUT2D eigenvalue weighted by Gasteiger charge is -2.21. The van der Waals surface area contributed by atoms with Crippen LogP contribution >= 0.6 is 15.6 Å². The van der Waals surface area contributed by atoms with Gasteiger partial charge in [0.25, 0.3) is 0 Å². The van der Waals surface area contributed by atoms with Crippen LogP contribution in [0.1, 0.15) is 155 Å². The molecule has 8 atom stereocenters. The molecule has 0 aliphatic heterocycles. The summed E-state index contributed by atoms with van der Waals surface area (Å²) in [6, 6.07) is 0. The predicted molar refractivity (Wildman–Crippen MR) is 246 cm³/mol. The number of hydrogen-bond acceptors (Lipinski definition) is 14. The molecule has 7 N–H and O–H groups in total. The van der Waals surface area contributed by atoms with E-state index in [4.69, 9.17) is 23.8 Å². The summed E-state index contributed by atoms with van der Waals surface area (Å²) in [4.78, 5) is 65.9. The minimum atomic E-state index is -4.92. The molecule has 0 aromatic carbocycles. The minimum Gasteiger partial charge on any atom is -0.462 e. The van der Waals surface area contributed by atoms with Crippen molar-refractivity contribution < 1.29 is 81.7 Å². The Morgan fingerprint density at radius 2 is 1.20 bits per heavy atom. The first-order valence-corrected chi connectivity index (χ1v) is 26.5. The number of phosphoric acid groups is 2. The number of allylic oxidation sites excluding steroid dienone is 6. The number of hydrogen-bond donors (Lipinski definition) is 7. The van der Waals surface area contributed by atoms with Crippen molar-refractivity contribution >= 4 is 33.4 Å². The maximum absolute atomic E-state index is 12.9. The van der Waals surface area contributed by atoms with Crippen LogP contribution in [0.15, 0.2) is 48.6 Å². The fourth-order valence-electron chi connectivity index (χ4n) is 7.00. The molecule has 1 saturated carbocycles. The van der Waals surface area contributed by atoms with E-state index >= 15 is 0 Å². The van der Waals surface area contributed by atoms with E-state index in [1.165, 1.54) is 19.3 Å². The van der Waals surface area contributed by atoms with Crippen LogP contribution < -0.4 is 0 Å². The third-order valence-electron chi connectivity index (χ3n) is 10.7. The maximum atomic E-state index is 12.9. The highest BCUT2D eigenvalue weighted by Gasteiger charge is 2.41. The van der Waals surface area contributed by atoms with Gasteiger partial charge in [0.05, 0.1) is 38.1 Å². The summed E-state index contributed by atoms with van der Waals surface area (Å²) in [5.41, 5.74) is 0. The van der Waals surface area contributed by atoms with Gasteiger partial charge in [0, 0.05) is 43.9 Å². The van der Waals surface area contributed by atoms with Crippen LogP contribution in [-0.4, -0.2) is 110 Å². The first-order chi connectivity index (χ1) is 31.0. The van der Waals surface area contributed by atoms with E-state index in [2.05, 4.69) is 59.4 Å². The van der Waals surface area contributed by atoms with Crippen LogP contribution in [0.3, 0.4) is 0 Å². The summed E-state index contributed by atoms with van der Waals surface area (Å²) in [5, 5.41) is 41.1. The number of ketones is 1. The van der Waals surface area contributed by atoms with Gasteiger partial charge in [-0.15, -0.1) is 0 Å². The number of aliphatic hydroxyl groups is 4. The molecule has 19 heteroatoms. The molecule has 65 heavy (non-hydrogen) atoms. The van der Waals surface area contributed by atoms with E-state index in [1.54, 1.807) is 12.2 Å². The molecule has 0 aromatic rings. The number of ether oxygens (including phenoxy) is 2. The van der Waals surface area contributed by atoms with Crippen molar-refractivity contribution in [3.05, 3.63) is 48.6 Å². The smallest absolute Gasteiger partial charge is 0.462 e. The second-order valence-electron chi connectivity index (χ2n) is 16.6. The Hall–Kier alpha value is -2.37.